The number of nitrogens with two attached hydrogens (primary N) is 1. The zero-order valence-electron chi connectivity index (χ0n) is 9.84. The number of thiazole rings is 1. The first-order valence-corrected chi connectivity index (χ1v) is 6.88. The molecule has 0 bridgehead atoms. The number of Topliss-reactive ketones (excluding diaryl/α,β-unsaturated/α-hetero) is 1. The molecule has 0 spiro atoms. The first-order valence-electron chi connectivity index (χ1n) is 5.63. The fourth-order valence-corrected chi connectivity index (χ4v) is 2.68. The second-order valence-electron chi connectivity index (χ2n) is 4.16. The van der Waals surface area contributed by atoms with Gasteiger partial charge in [0.1, 0.15) is 0 Å². The van der Waals surface area contributed by atoms with Crippen LogP contribution in [0.4, 0.5) is 5.69 Å². The van der Waals surface area contributed by atoms with Gasteiger partial charge in [0.25, 0.3) is 0 Å². The van der Waals surface area contributed by atoms with Crippen molar-refractivity contribution in [2.24, 2.45) is 0 Å². The van der Waals surface area contributed by atoms with E-state index >= 15 is 0 Å². The number of ketones is 1. The molecular weight excluding hydrogens is 282 g/mol. The zero-order chi connectivity index (χ0) is 13.4. The monoisotopic (exact) mass is 291 g/mol. The maximum absolute atomic E-state index is 12.1. The first kappa shape index (κ1) is 12.2. The minimum Gasteiger partial charge on any atom is -0.398 e. The predicted octanol–water partition coefficient (Wildman–Crippen LogP) is 3.06. The molecule has 0 aliphatic heterocycles. The molecule has 19 heavy (non-hydrogen) atoms. The molecule has 4 nitrogen and oxygen atoms in total. The number of halogens is 1. The number of benzene rings is 1. The van der Waals surface area contributed by atoms with Gasteiger partial charge in [-0.05, 0) is 18.2 Å². The Balaban J connectivity index is 1.84. The van der Waals surface area contributed by atoms with Gasteiger partial charge in [0.2, 0.25) is 0 Å². The molecule has 3 rings (SSSR count). The third-order valence-electron chi connectivity index (χ3n) is 2.80. The molecule has 0 amide bonds. The van der Waals surface area contributed by atoms with Crippen molar-refractivity contribution in [3.05, 3.63) is 52.3 Å². The number of hydrogen-bond donors (Lipinski definition) is 1. The molecule has 0 atom stereocenters. The summed E-state index contributed by atoms with van der Waals surface area (Å²) in [6, 6.07) is 4.92. The normalized spacial score (nSPS) is 11.0. The van der Waals surface area contributed by atoms with Gasteiger partial charge >= 0.3 is 0 Å². The molecule has 2 aromatic heterocycles. The van der Waals surface area contributed by atoms with E-state index in [2.05, 4.69) is 4.98 Å². The lowest BCUT2D eigenvalue weighted by Gasteiger charge is -2.02. The maximum atomic E-state index is 12.1. The van der Waals surface area contributed by atoms with E-state index in [9.17, 15) is 4.79 Å². The second-order valence-corrected chi connectivity index (χ2v) is 5.44. The van der Waals surface area contributed by atoms with Crippen molar-refractivity contribution in [2.45, 2.75) is 6.42 Å². The van der Waals surface area contributed by atoms with Gasteiger partial charge in [-0.3, -0.25) is 9.20 Å². The minimum absolute atomic E-state index is 0.0193. The molecular formula is C13H10ClN3OS. The molecule has 0 fully saturated rings. The van der Waals surface area contributed by atoms with Gasteiger partial charge in [-0.25, -0.2) is 4.98 Å². The molecule has 0 unspecified atom stereocenters. The Hall–Kier alpha value is -1.85. The van der Waals surface area contributed by atoms with Gasteiger partial charge in [-0.15, -0.1) is 11.3 Å². The van der Waals surface area contributed by atoms with E-state index in [0.717, 1.165) is 10.7 Å². The van der Waals surface area contributed by atoms with E-state index in [1.165, 1.54) is 11.3 Å². The Morgan fingerprint density at radius 2 is 2.32 bits per heavy atom. The highest BCUT2D eigenvalue weighted by Gasteiger charge is 2.11. The summed E-state index contributed by atoms with van der Waals surface area (Å²) in [4.78, 5) is 17.4. The van der Waals surface area contributed by atoms with Crippen molar-refractivity contribution in [1.82, 2.24) is 9.38 Å². The summed E-state index contributed by atoms with van der Waals surface area (Å²) < 4.78 is 1.91. The van der Waals surface area contributed by atoms with E-state index in [-0.39, 0.29) is 12.2 Å². The lowest BCUT2D eigenvalue weighted by atomic mass is 10.1. The number of imidazole rings is 1. The highest BCUT2D eigenvalue weighted by atomic mass is 35.5. The third kappa shape index (κ3) is 2.34. The first-order chi connectivity index (χ1) is 9.13. The van der Waals surface area contributed by atoms with E-state index in [1.54, 1.807) is 18.2 Å². The third-order valence-corrected chi connectivity index (χ3v) is 3.92. The summed E-state index contributed by atoms with van der Waals surface area (Å²) in [5.74, 6) is -0.0193. The Morgan fingerprint density at radius 3 is 3.05 bits per heavy atom. The summed E-state index contributed by atoms with van der Waals surface area (Å²) in [5, 5.41) is 2.41. The van der Waals surface area contributed by atoms with Crippen LogP contribution in [-0.2, 0) is 6.42 Å². The molecule has 1 aromatic carbocycles. The van der Waals surface area contributed by atoms with Crippen LogP contribution >= 0.6 is 22.9 Å². The van der Waals surface area contributed by atoms with Gasteiger partial charge in [0, 0.05) is 23.3 Å². The largest absolute Gasteiger partial charge is 0.398 e. The SMILES string of the molecule is Nc1cc(C(=O)Cc2cn3ccsc3n2)ccc1Cl. The van der Waals surface area contributed by atoms with Crippen molar-refractivity contribution in [3.63, 3.8) is 0 Å². The standard InChI is InChI=1S/C13H10ClN3OS/c14-10-2-1-8(5-11(10)15)12(18)6-9-7-17-3-4-19-13(17)16-9/h1-5,7H,6,15H2. The number of nitrogen functional groups attached to an aromatic ring is 1. The number of anilines is 1. The molecule has 0 saturated heterocycles. The smallest absolute Gasteiger partial charge is 0.193 e. The summed E-state index contributed by atoms with van der Waals surface area (Å²) >= 11 is 7.37. The van der Waals surface area contributed by atoms with E-state index < -0.39 is 0 Å². The molecule has 2 N–H and O–H groups in total. The van der Waals surface area contributed by atoms with Crippen molar-refractivity contribution in [3.8, 4) is 0 Å². The second kappa shape index (κ2) is 4.68. The summed E-state index contributed by atoms with van der Waals surface area (Å²) in [5.41, 5.74) is 7.42. The Labute approximate surface area is 118 Å². The fraction of sp³-hybridized carbons (Fsp3) is 0.0769. The van der Waals surface area contributed by atoms with Crippen LogP contribution in [-0.4, -0.2) is 15.2 Å². The Bertz CT molecular complexity index is 734. The molecule has 2 heterocycles. The average molecular weight is 292 g/mol. The van der Waals surface area contributed by atoms with Crippen molar-refractivity contribution in [2.75, 3.05) is 5.73 Å². The molecule has 96 valence electrons. The van der Waals surface area contributed by atoms with Crippen LogP contribution in [0.15, 0.2) is 36.0 Å². The van der Waals surface area contributed by atoms with E-state index in [1.807, 2.05) is 22.2 Å². The van der Waals surface area contributed by atoms with Crippen LogP contribution in [0.5, 0.6) is 0 Å². The van der Waals surface area contributed by atoms with E-state index in [0.29, 0.717) is 16.3 Å². The fourth-order valence-electron chi connectivity index (χ4n) is 1.85. The predicted molar refractivity (Wildman–Crippen MR) is 77.0 cm³/mol. The summed E-state index contributed by atoms with van der Waals surface area (Å²) in [7, 11) is 0. The van der Waals surface area contributed by atoms with Gasteiger partial charge in [0.05, 0.1) is 22.8 Å². The minimum atomic E-state index is -0.0193. The quantitative estimate of drug-likeness (QED) is 0.596. The van der Waals surface area contributed by atoms with Gasteiger partial charge < -0.3 is 5.73 Å². The maximum Gasteiger partial charge on any atom is 0.193 e. The Kier molecular flexibility index (Phi) is 3.00. The topological polar surface area (TPSA) is 60.4 Å². The summed E-state index contributed by atoms with van der Waals surface area (Å²) in [6.07, 6.45) is 4.04. The lowest BCUT2D eigenvalue weighted by Crippen LogP contribution is -2.04. The van der Waals surface area contributed by atoms with E-state index in [4.69, 9.17) is 17.3 Å². The van der Waals surface area contributed by atoms with Crippen molar-refractivity contribution < 1.29 is 4.79 Å². The summed E-state index contributed by atoms with van der Waals surface area (Å²) in [6.45, 7) is 0. The number of fused-ring (bicyclic) bond motifs is 1. The number of aromatic nitrogens is 2. The zero-order valence-corrected chi connectivity index (χ0v) is 11.4. The van der Waals surface area contributed by atoms with Crippen LogP contribution in [0, 0.1) is 0 Å². The molecule has 0 radical (unpaired) electrons. The number of nitrogens with zero attached hydrogens (tertiary/aromatic N) is 2. The van der Waals surface area contributed by atoms with Crippen molar-refractivity contribution >= 4 is 39.4 Å². The number of carbonyl (C=O) groups excluding carboxylic acids is 1. The van der Waals surface area contributed by atoms with Crippen LogP contribution in [0.25, 0.3) is 4.96 Å². The van der Waals surface area contributed by atoms with Crippen LogP contribution in [0.1, 0.15) is 16.1 Å². The Morgan fingerprint density at radius 1 is 1.47 bits per heavy atom. The molecule has 3 aromatic rings. The van der Waals surface area contributed by atoms with Crippen LogP contribution < -0.4 is 5.73 Å². The van der Waals surface area contributed by atoms with Gasteiger partial charge in [-0.1, -0.05) is 11.6 Å². The average Bonchev–Trinajstić information content (AvgIpc) is 2.93. The van der Waals surface area contributed by atoms with Crippen LogP contribution in [0.3, 0.4) is 0 Å². The number of hydrogen-bond acceptors (Lipinski definition) is 4. The number of rotatable bonds is 3. The van der Waals surface area contributed by atoms with Crippen LogP contribution in [0.2, 0.25) is 5.02 Å². The van der Waals surface area contributed by atoms with Gasteiger partial charge in [-0.2, -0.15) is 0 Å². The highest BCUT2D eigenvalue weighted by Crippen LogP contribution is 2.20. The van der Waals surface area contributed by atoms with Gasteiger partial charge in [0.15, 0.2) is 10.7 Å². The number of carbonyl (C=O) groups is 1. The molecule has 0 aliphatic rings. The lowest BCUT2D eigenvalue weighted by molar-refractivity contribution is 0.0992. The molecule has 0 saturated carbocycles. The van der Waals surface area contributed by atoms with Crippen molar-refractivity contribution in [1.29, 1.82) is 0 Å². The molecule has 0 aliphatic carbocycles. The molecule has 6 heteroatoms. The highest BCUT2D eigenvalue weighted by molar-refractivity contribution is 7.15.